The Balaban J connectivity index is 1.50. The molecular weight excluding hydrogens is 330 g/mol. The predicted octanol–water partition coefficient (Wildman–Crippen LogP) is 3.15. The van der Waals surface area contributed by atoms with Gasteiger partial charge in [-0.05, 0) is 50.8 Å². The Morgan fingerprint density at radius 2 is 2.19 bits per heavy atom. The van der Waals surface area contributed by atoms with Crippen LogP contribution in [0, 0.1) is 13.8 Å². The van der Waals surface area contributed by atoms with Crippen LogP contribution in [0.2, 0.25) is 0 Å². The number of hydrogen-bond donors (Lipinski definition) is 0. The Kier molecular flexibility index (Phi) is 4.59. The van der Waals surface area contributed by atoms with E-state index in [-0.39, 0.29) is 12.1 Å². The lowest BCUT2D eigenvalue weighted by atomic mass is 10.1. The van der Waals surface area contributed by atoms with E-state index >= 15 is 0 Å². The van der Waals surface area contributed by atoms with Gasteiger partial charge in [-0.2, -0.15) is 5.10 Å². The van der Waals surface area contributed by atoms with E-state index in [4.69, 9.17) is 14.5 Å². The summed E-state index contributed by atoms with van der Waals surface area (Å²) in [6.45, 7) is 5.14. The minimum atomic E-state index is -0.190. The van der Waals surface area contributed by atoms with Crippen molar-refractivity contribution in [3.8, 4) is 0 Å². The van der Waals surface area contributed by atoms with Crippen LogP contribution in [0.4, 0.5) is 0 Å². The highest BCUT2D eigenvalue weighted by Gasteiger charge is 2.18. The summed E-state index contributed by atoms with van der Waals surface area (Å²) >= 11 is 0. The fraction of sp³-hybridized carbons (Fsp3) is 0.450. The summed E-state index contributed by atoms with van der Waals surface area (Å²) in [4.78, 5) is 16.8. The molecule has 0 saturated carbocycles. The number of nitrogens with zero attached hydrogens (tertiary/aromatic N) is 3. The summed E-state index contributed by atoms with van der Waals surface area (Å²) in [5.74, 6) is -0.190. The van der Waals surface area contributed by atoms with Gasteiger partial charge in [0, 0.05) is 29.8 Å². The minimum absolute atomic E-state index is 0.0666. The summed E-state index contributed by atoms with van der Waals surface area (Å²) in [6, 6.07) is 7.99. The SMILES string of the molecule is Cc1nc2c3ccccc3nn2c(C)c1CCC(=O)OCC1CCCO1. The van der Waals surface area contributed by atoms with Gasteiger partial charge in [0.05, 0.1) is 11.6 Å². The van der Waals surface area contributed by atoms with Gasteiger partial charge in [0.15, 0.2) is 5.65 Å². The highest BCUT2D eigenvalue weighted by atomic mass is 16.6. The summed E-state index contributed by atoms with van der Waals surface area (Å²) in [6.07, 6.45) is 3.02. The van der Waals surface area contributed by atoms with E-state index in [9.17, 15) is 4.79 Å². The largest absolute Gasteiger partial charge is 0.463 e. The van der Waals surface area contributed by atoms with Crippen LogP contribution in [0.15, 0.2) is 24.3 Å². The maximum Gasteiger partial charge on any atom is 0.306 e. The number of carbonyl (C=O) groups excluding carboxylic acids is 1. The number of fused-ring (bicyclic) bond motifs is 3. The van der Waals surface area contributed by atoms with Crippen molar-refractivity contribution < 1.29 is 14.3 Å². The van der Waals surface area contributed by atoms with E-state index in [0.29, 0.717) is 19.4 Å². The van der Waals surface area contributed by atoms with Crippen molar-refractivity contribution in [2.24, 2.45) is 0 Å². The molecule has 0 bridgehead atoms. The third-order valence-corrected chi connectivity index (χ3v) is 5.05. The Morgan fingerprint density at radius 3 is 3.00 bits per heavy atom. The molecule has 1 fully saturated rings. The van der Waals surface area contributed by atoms with Crippen molar-refractivity contribution in [1.29, 1.82) is 0 Å². The number of hydrogen-bond acceptors (Lipinski definition) is 5. The number of esters is 1. The first kappa shape index (κ1) is 17.0. The number of aryl methyl sites for hydroxylation is 2. The Labute approximate surface area is 152 Å². The van der Waals surface area contributed by atoms with E-state index in [2.05, 4.69) is 5.10 Å². The molecule has 6 heteroatoms. The second-order valence-electron chi connectivity index (χ2n) is 6.83. The molecule has 6 nitrogen and oxygen atoms in total. The van der Waals surface area contributed by atoms with Gasteiger partial charge in [-0.25, -0.2) is 9.50 Å². The smallest absolute Gasteiger partial charge is 0.306 e. The fourth-order valence-corrected chi connectivity index (χ4v) is 3.60. The van der Waals surface area contributed by atoms with Gasteiger partial charge >= 0.3 is 5.97 Å². The van der Waals surface area contributed by atoms with Gasteiger partial charge in [0.1, 0.15) is 6.61 Å². The maximum atomic E-state index is 12.1. The zero-order valence-electron chi connectivity index (χ0n) is 15.2. The van der Waals surface area contributed by atoms with Gasteiger partial charge < -0.3 is 9.47 Å². The average molecular weight is 353 g/mol. The second kappa shape index (κ2) is 7.03. The molecule has 1 aromatic carbocycles. The fourth-order valence-electron chi connectivity index (χ4n) is 3.60. The van der Waals surface area contributed by atoms with Crippen molar-refractivity contribution in [2.45, 2.75) is 45.6 Å². The number of rotatable bonds is 5. The standard InChI is InChI=1S/C20H23N3O3/c1-13-16(9-10-19(24)26-12-15-6-5-11-25-15)14(2)23-20(21-13)17-7-3-4-8-18(17)22-23/h3-4,7-8,15H,5-6,9-12H2,1-2H3. The predicted molar refractivity (Wildman–Crippen MR) is 98.2 cm³/mol. The normalized spacial score (nSPS) is 17.2. The molecule has 26 heavy (non-hydrogen) atoms. The Hall–Kier alpha value is -2.47. The lowest BCUT2D eigenvalue weighted by Gasteiger charge is -2.12. The van der Waals surface area contributed by atoms with Crippen LogP contribution in [0.3, 0.4) is 0 Å². The van der Waals surface area contributed by atoms with E-state index in [1.54, 1.807) is 0 Å². The third-order valence-electron chi connectivity index (χ3n) is 5.05. The zero-order valence-corrected chi connectivity index (χ0v) is 15.2. The van der Waals surface area contributed by atoms with Crippen LogP contribution < -0.4 is 0 Å². The molecule has 1 unspecified atom stereocenters. The number of ether oxygens (including phenoxy) is 2. The molecule has 2 aromatic heterocycles. The Morgan fingerprint density at radius 1 is 1.35 bits per heavy atom. The molecule has 0 amide bonds. The summed E-state index contributed by atoms with van der Waals surface area (Å²) in [7, 11) is 0. The first-order valence-corrected chi connectivity index (χ1v) is 9.14. The minimum Gasteiger partial charge on any atom is -0.463 e. The van der Waals surface area contributed by atoms with Crippen LogP contribution in [0.1, 0.15) is 36.2 Å². The van der Waals surface area contributed by atoms with Crippen molar-refractivity contribution in [3.63, 3.8) is 0 Å². The van der Waals surface area contributed by atoms with Crippen LogP contribution >= 0.6 is 0 Å². The monoisotopic (exact) mass is 353 g/mol. The third kappa shape index (κ3) is 3.17. The summed E-state index contributed by atoms with van der Waals surface area (Å²) in [5, 5.41) is 5.70. The van der Waals surface area contributed by atoms with Gasteiger partial charge in [0.25, 0.3) is 0 Å². The first-order valence-electron chi connectivity index (χ1n) is 9.14. The van der Waals surface area contributed by atoms with E-state index < -0.39 is 0 Å². The molecule has 4 rings (SSSR count). The molecule has 0 N–H and O–H groups in total. The lowest BCUT2D eigenvalue weighted by Crippen LogP contribution is -2.18. The second-order valence-corrected chi connectivity index (χ2v) is 6.83. The molecule has 1 saturated heterocycles. The van der Waals surface area contributed by atoms with E-state index in [1.165, 1.54) is 0 Å². The lowest BCUT2D eigenvalue weighted by molar-refractivity contribution is -0.146. The highest BCUT2D eigenvalue weighted by Crippen LogP contribution is 2.23. The van der Waals surface area contributed by atoms with Crippen LogP contribution in [-0.4, -0.2) is 39.9 Å². The van der Waals surface area contributed by atoms with Gasteiger partial charge in [-0.3, -0.25) is 4.79 Å². The summed E-state index contributed by atoms with van der Waals surface area (Å²) < 4.78 is 12.7. The first-order chi connectivity index (χ1) is 12.6. The molecule has 3 heterocycles. The highest BCUT2D eigenvalue weighted by molar-refractivity contribution is 5.92. The Bertz CT molecular complexity index is 958. The molecule has 0 radical (unpaired) electrons. The molecule has 136 valence electrons. The molecular formula is C20H23N3O3. The van der Waals surface area contributed by atoms with Crippen LogP contribution in [0.25, 0.3) is 16.6 Å². The molecule has 0 aliphatic carbocycles. The van der Waals surface area contributed by atoms with Crippen molar-refractivity contribution >= 4 is 22.5 Å². The number of benzene rings is 1. The molecule has 1 aliphatic heterocycles. The zero-order chi connectivity index (χ0) is 18.1. The van der Waals surface area contributed by atoms with Crippen molar-refractivity contribution in [1.82, 2.24) is 14.6 Å². The summed E-state index contributed by atoms with van der Waals surface area (Å²) in [5.41, 5.74) is 4.80. The average Bonchev–Trinajstić information content (AvgIpc) is 3.28. The number of carbonyl (C=O) groups is 1. The van der Waals surface area contributed by atoms with Crippen molar-refractivity contribution in [3.05, 3.63) is 41.2 Å². The quantitative estimate of drug-likeness (QED) is 0.659. The van der Waals surface area contributed by atoms with Crippen LogP contribution in [0.5, 0.6) is 0 Å². The molecule has 1 atom stereocenters. The molecule has 3 aromatic rings. The van der Waals surface area contributed by atoms with Crippen LogP contribution in [-0.2, 0) is 20.7 Å². The number of aromatic nitrogens is 3. The van der Waals surface area contributed by atoms with Crippen molar-refractivity contribution in [2.75, 3.05) is 13.2 Å². The van der Waals surface area contributed by atoms with Gasteiger partial charge in [-0.15, -0.1) is 0 Å². The van der Waals surface area contributed by atoms with E-state index in [0.717, 1.165) is 52.9 Å². The van der Waals surface area contributed by atoms with E-state index in [1.807, 2.05) is 42.6 Å². The molecule has 1 aliphatic rings. The van der Waals surface area contributed by atoms with Gasteiger partial charge in [-0.1, -0.05) is 12.1 Å². The van der Waals surface area contributed by atoms with Gasteiger partial charge in [0.2, 0.25) is 0 Å². The maximum absolute atomic E-state index is 12.1. The molecule has 0 spiro atoms. The topological polar surface area (TPSA) is 65.7 Å².